The number of aryl methyl sites for hydroxylation is 1. The summed E-state index contributed by atoms with van der Waals surface area (Å²) in [4.78, 5) is 23.4. The van der Waals surface area contributed by atoms with Crippen LogP contribution in [0.3, 0.4) is 0 Å². The third-order valence-corrected chi connectivity index (χ3v) is 5.27. The Morgan fingerprint density at radius 2 is 2.04 bits per heavy atom. The number of likely N-dealkylation sites (tertiary alicyclic amines) is 1. The zero-order valence-corrected chi connectivity index (χ0v) is 15.1. The summed E-state index contributed by atoms with van der Waals surface area (Å²) in [5.41, 5.74) is 1.79. The Balaban J connectivity index is 1.42. The summed E-state index contributed by atoms with van der Waals surface area (Å²) in [5.74, 6) is 0.202. The quantitative estimate of drug-likeness (QED) is 0.696. The highest BCUT2D eigenvalue weighted by Crippen LogP contribution is 2.23. The third kappa shape index (κ3) is 3.97. The summed E-state index contributed by atoms with van der Waals surface area (Å²) in [6, 6.07) is 14.4. The highest BCUT2D eigenvalue weighted by atomic mass is 19.1. The number of hydrogen-bond donors (Lipinski definition) is 0. The van der Waals surface area contributed by atoms with E-state index in [4.69, 9.17) is 0 Å². The molecular weight excluding hydrogens is 341 g/mol. The molecule has 0 N–H and O–H groups in total. The van der Waals surface area contributed by atoms with Crippen LogP contribution in [-0.2, 0) is 6.42 Å². The number of carbonyl (C=O) groups excluding carboxylic acids is 1. The van der Waals surface area contributed by atoms with E-state index in [1.165, 1.54) is 6.07 Å². The Bertz CT molecular complexity index is 959. The number of halogens is 1. The first-order valence-electron chi connectivity index (χ1n) is 9.45. The lowest BCUT2D eigenvalue weighted by Crippen LogP contribution is -2.40. The van der Waals surface area contributed by atoms with Crippen LogP contribution < -0.4 is 0 Å². The van der Waals surface area contributed by atoms with E-state index in [0.29, 0.717) is 30.2 Å². The molecule has 1 aliphatic heterocycles. The summed E-state index contributed by atoms with van der Waals surface area (Å²) in [7, 11) is 0. The Hall–Kier alpha value is -2.82. The van der Waals surface area contributed by atoms with Crippen LogP contribution in [0.4, 0.5) is 4.39 Å². The second-order valence-electron chi connectivity index (χ2n) is 7.14. The fourth-order valence-corrected chi connectivity index (χ4v) is 3.78. The third-order valence-electron chi connectivity index (χ3n) is 5.27. The van der Waals surface area contributed by atoms with E-state index in [2.05, 4.69) is 9.97 Å². The molecule has 0 bridgehead atoms. The maximum absolute atomic E-state index is 13.8. The van der Waals surface area contributed by atoms with Crippen molar-refractivity contribution in [3.8, 4) is 0 Å². The highest BCUT2D eigenvalue weighted by molar-refractivity contribution is 5.94. The van der Waals surface area contributed by atoms with E-state index in [9.17, 15) is 9.18 Å². The predicted molar refractivity (Wildman–Crippen MR) is 103 cm³/mol. The number of nitrogens with zero attached hydrogens (tertiary/aromatic N) is 3. The fourth-order valence-electron chi connectivity index (χ4n) is 3.78. The molecule has 1 saturated heterocycles. The SMILES string of the molecule is O=C(c1ccc2cccnc2n1)N1CCC[C@H](CCc2ccccc2F)C1. The molecule has 3 heterocycles. The average molecular weight is 363 g/mol. The van der Waals surface area contributed by atoms with Crippen LogP contribution in [0.25, 0.3) is 11.0 Å². The lowest BCUT2D eigenvalue weighted by Gasteiger charge is -2.32. The molecule has 1 aromatic carbocycles. The monoisotopic (exact) mass is 363 g/mol. The van der Waals surface area contributed by atoms with Crippen LogP contribution in [0, 0.1) is 11.7 Å². The van der Waals surface area contributed by atoms with Crippen molar-refractivity contribution in [2.24, 2.45) is 5.92 Å². The van der Waals surface area contributed by atoms with Crippen molar-refractivity contribution in [2.45, 2.75) is 25.7 Å². The standard InChI is InChI=1S/C22H22FN3O/c23-19-8-2-1-6-17(19)10-9-16-5-4-14-26(15-16)22(27)20-12-11-18-7-3-13-24-21(18)25-20/h1-3,6-8,11-13,16H,4-5,9-10,14-15H2/t16-/m1/s1. The Kier molecular flexibility index (Phi) is 5.10. The highest BCUT2D eigenvalue weighted by Gasteiger charge is 2.25. The normalized spacial score (nSPS) is 17.2. The van der Waals surface area contributed by atoms with Gasteiger partial charge in [0, 0.05) is 24.7 Å². The van der Waals surface area contributed by atoms with Crippen molar-refractivity contribution >= 4 is 16.9 Å². The van der Waals surface area contributed by atoms with Crippen molar-refractivity contribution < 1.29 is 9.18 Å². The number of benzene rings is 1. The van der Waals surface area contributed by atoms with Gasteiger partial charge in [-0.2, -0.15) is 0 Å². The number of carbonyl (C=O) groups is 1. The number of hydrogen-bond acceptors (Lipinski definition) is 3. The summed E-state index contributed by atoms with van der Waals surface area (Å²) in [6.45, 7) is 1.45. The molecule has 0 saturated carbocycles. The molecule has 0 radical (unpaired) electrons. The van der Waals surface area contributed by atoms with Gasteiger partial charge in [0.15, 0.2) is 5.65 Å². The second kappa shape index (κ2) is 7.82. The van der Waals surface area contributed by atoms with Crippen molar-refractivity contribution in [3.05, 3.63) is 71.8 Å². The number of piperidine rings is 1. The van der Waals surface area contributed by atoms with Gasteiger partial charge in [-0.3, -0.25) is 4.79 Å². The van der Waals surface area contributed by atoms with Gasteiger partial charge >= 0.3 is 0 Å². The number of pyridine rings is 2. The molecule has 3 aromatic rings. The Labute approximate surface area is 158 Å². The first kappa shape index (κ1) is 17.6. The smallest absolute Gasteiger partial charge is 0.272 e. The van der Waals surface area contributed by atoms with Crippen molar-refractivity contribution in [2.75, 3.05) is 13.1 Å². The summed E-state index contributed by atoms with van der Waals surface area (Å²) in [6.07, 6.45) is 5.32. The Morgan fingerprint density at radius 1 is 1.15 bits per heavy atom. The molecule has 0 aliphatic carbocycles. The van der Waals surface area contributed by atoms with Gasteiger partial charge in [-0.05, 0) is 67.5 Å². The van der Waals surface area contributed by atoms with Crippen molar-refractivity contribution in [1.82, 2.24) is 14.9 Å². The topological polar surface area (TPSA) is 46.1 Å². The maximum atomic E-state index is 13.8. The van der Waals surface area contributed by atoms with E-state index >= 15 is 0 Å². The number of rotatable bonds is 4. The molecule has 0 spiro atoms. The van der Waals surface area contributed by atoms with Gasteiger partial charge in [0.25, 0.3) is 5.91 Å². The zero-order chi connectivity index (χ0) is 18.6. The molecule has 1 fully saturated rings. The summed E-state index contributed by atoms with van der Waals surface area (Å²) >= 11 is 0. The lowest BCUT2D eigenvalue weighted by atomic mass is 9.91. The van der Waals surface area contributed by atoms with Crippen LogP contribution in [0.5, 0.6) is 0 Å². The number of aromatic nitrogens is 2. The van der Waals surface area contributed by atoms with E-state index in [1.54, 1.807) is 18.3 Å². The first-order chi connectivity index (χ1) is 13.2. The largest absolute Gasteiger partial charge is 0.337 e. The zero-order valence-electron chi connectivity index (χ0n) is 15.1. The van der Waals surface area contributed by atoms with E-state index < -0.39 is 0 Å². The predicted octanol–water partition coefficient (Wildman–Crippen LogP) is 4.25. The molecule has 1 amide bonds. The molecule has 2 aromatic heterocycles. The minimum absolute atomic E-state index is 0.0434. The number of fused-ring (bicyclic) bond motifs is 1. The molecule has 1 atom stereocenters. The Morgan fingerprint density at radius 3 is 2.93 bits per heavy atom. The van der Waals surface area contributed by atoms with Gasteiger partial charge in [-0.25, -0.2) is 14.4 Å². The molecule has 4 rings (SSSR count). The maximum Gasteiger partial charge on any atom is 0.272 e. The van der Waals surface area contributed by atoms with Crippen molar-refractivity contribution in [3.63, 3.8) is 0 Å². The van der Waals surface area contributed by atoms with Crippen LogP contribution in [0.1, 0.15) is 35.3 Å². The van der Waals surface area contributed by atoms with E-state index in [1.807, 2.05) is 35.2 Å². The van der Waals surface area contributed by atoms with Crippen molar-refractivity contribution in [1.29, 1.82) is 0 Å². The first-order valence-corrected chi connectivity index (χ1v) is 9.45. The summed E-state index contributed by atoms with van der Waals surface area (Å²) < 4.78 is 13.8. The van der Waals surface area contributed by atoms with Crippen LogP contribution >= 0.6 is 0 Å². The van der Waals surface area contributed by atoms with E-state index in [0.717, 1.165) is 36.8 Å². The molecule has 5 heteroatoms. The van der Waals surface area contributed by atoms with Gasteiger partial charge < -0.3 is 4.90 Å². The van der Waals surface area contributed by atoms with E-state index in [-0.39, 0.29) is 11.7 Å². The molecule has 1 aliphatic rings. The minimum atomic E-state index is -0.144. The fraction of sp³-hybridized carbons (Fsp3) is 0.318. The van der Waals surface area contributed by atoms with Crippen LogP contribution in [0.2, 0.25) is 0 Å². The second-order valence-corrected chi connectivity index (χ2v) is 7.14. The van der Waals surface area contributed by atoms with Crippen LogP contribution in [0.15, 0.2) is 54.7 Å². The molecule has 0 unspecified atom stereocenters. The molecule has 138 valence electrons. The van der Waals surface area contributed by atoms with Gasteiger partial charge in [0.1, 0.15) is 11.5 Å². The molecular formula is C22H22FN3O. The molecule has 27 heavy (non-hydrogen) atoms. The van der Waals surface area contributed by atoms with Crippen LogP contribution in [-0.4, -0.2) is 33.9 Å². The van der Waals surface area contributed by atoms with Gasteiger partial charge in [0.05, 0.1) is 0 Å². The van der Waals surface area contributed by atoms with Gasteiger partial charge in [-0.15, -0.1) is 0 Å². The minimum Gasteiger partial charge on any atom is -0.337 e. The van der Waals surface area contributed by atoms with Gasteiger partial charge in [-0.1, -0.05) is 18.2 Å². The molecule has 4 nitrogen and oxygen atoms in total. The summed E-state index contributed by atoms with van der Waals surface area (Å²) in [5, 5.41) is 0.926. The number of amides is 1. The lowest BCUT2D eigenvalue weighted by molar-refractivity contribution is 0.0662. The average Bonchev–Trinajstić information content (AvgIpc) is 2.72. The van der Waals surface area contributed by atoms with Gasteiger partial charge in [0.2, 0.25) is 0 Å².